The summed E-state index contributed by atoms with van der Waals surface area (Å²) in [4.78, 5) is 10.5. The Labute approximate surface area is 84.6 Å². The smallest absolute Gasteiger partial charge is 0.305 e. The van der Waals surface area contributed by atoms with E-state index in [1.807, 2.05) is 0 Å². The van der Waals surface area contributed by atoms with Gasteiger partial charge in [-0.1, -0.05) is 19.8 Å². The van der Waals surface area contributed by atoms with Crippen LogP contribution in [-0.4, -0.2) is 42.6 Å². The first-order chi connectivity index (χ1) is 4.31. The Balaban J connectivity index is 0. The number of rotatable bonds is 4. The van der Waals surface area contributed by atoms with E-state index in [0.29, 0.717) is 6.42 Å². The van der Waals surface area contributed by atoms with E-state index in [4.69, 9.17) is 0 Å². The molecule has 0 aliphatic heterocycles. The predicted molar refractivity (Wildman–Crippen MR) is 41.9 cm³/mol. The van der Waals surface area contributed by atoms with E-state index in [-0.39, 0.29) is 35.5 Å². The second-order valence-electron chi connectivity index (χ2n) is 2.03. The van der Waals surface area contributed by atoms with Crippen LogP contribution in [0.15, 0.2) is 0 Å². The molecule has 0 saturated carbocycles. The van der Waals surface area contributed by atoms with E-state index in [2.05, 4.69) is 11.7 Å². The Morgan fingerprint density at radius 1 is 1.40 bits per heavy atom. The number of hydrogen-bond donors (Lipinski definition) is 0. The van der Waals surface area contributed by atoms with E-state index in [1.165, 1.54) is 7.11 Å². The number of hydrogen-bond acceptors (Lipinski definition) is 2. The fourth-order valence-corrected chi connectivity index (χ4v) is 0.621. The van der Waals surface area contributed by atoms with Crippen LogP contribution in [0.25, 0.3) is 0 Å². The van der Waals surface area contributed by atoms with Gasteiger partial charge in [0.1, 0.15) is 0 Å². The number of methoxy groups -OCH3 is 1. The molecule has 3 heteroatoms. The van der Waals surface area contributed by atoms with Crippen molar-refractivity contribution in [3.8, 4) is 0 Å². The van der Waals surface area contributed by atoms with Crippen molar-refractivity contribution in [2.75, 3.05) is 7.11 Å². The van der Waals surface area contributed by atoms with Crippen molar-refractivity contribution < 1.29 is 9.53 Å². The number of carbonyl (C=O) groups excluding carboxylic acids is 1. The van der Waals surface area contributed by atoms with Crippen LogP contribution in [0.3, 0.4) is 0 Å². The zero-order valence-electron chi connectivity index (χ0n) is 7.14. The summed E-state index contributed by atoms with van der Waals surface area (Å²) in [6, 6.07) is 0. The average Bonchev–Trinajstić information content (AvgIpc) is 1.89. The Morgan fingerprint density at radius 2 is 2.00 bits per heavy atom. The van der Waals surface area contributed by atoms with E-state index in [1.54, 1.807) is 0 Å². The van der Waals surface area contributed by atoms with Crippen LogP contribution in [0.4, 0.5) is 0 Å². The third-order valence-corrected chi connectivity index (χ3v) is 1.21. The molecule has 0 spiro atoms. The number of ether oxygens (including phenoxy) is 1. The molecule has 0 atom stereocenters. The summed E-state index contributed by atoms with van der Waals surface area (Å²) in [5, 5.41) is 0. The Bertz CT molecular complexity index is 83.7. The zero-order valence-corrected chi connectivity index (χ0v) is 9.14. The number of carbonyl (C=O) groups is 1. The molecule has 0 fully saturated rings. The van der Waals surface area contributed by atoms with Gasteiger partial charge >= 0.3 is 5.97 Å². The van der Waals surface area contributed by atoms with Gasteiger partial charge in [0.2, 0.25) is 0 Å². The van der Waals surface area contributed by atoms with Crippen molar-refractivity contribution in [3.05, 3.63) is 0 Å². The summed E-state index contributed by atoms with van der Waals surface area (Å²) in [7, 11) is 1.42. The molecule has 0 saturated heterocycles. The van der Waals surface area contributed by atoms with Gasteiger partial charge in [0.05, 0.1) is 7.11 Å². The molecule has 0 aromatic carbocycles. The minimum Gasteiger partial charge on any atom is -0.469 e. The van der Waals surface area contributed by atoms with Crippen LogP contribution >= 0.6 is 0 Å². The standard InChI is InChI=1S/C7H14O2.Na/c1-3-4-5-6-7(8)9-2;/h3-6H2,1-2H3;. The SMILES string of the molecule is CCCCCC(=O)OC.[Na]. The van der Waals surface area contributed by atoms with Gasteiger partial charge in [0.15, 0.2) is 0 Å². The first kappa shape index (κ1) is 13.1. The normalized spacial score (nSPS) is 8.20. The minimum absolute atomic E-state index is 0. The van der Waals surface area contributed by atoms with Crippen molar-refractivity contribution in [1.82, 2.24) is 0 Å². The third kappa shape index (κ3) is 8.47. The van der Waals surface area contributed by atoms with Crippen molar-refractivity contribution in [2.24, 2.45) is 0 Å². The van der Waals surface area contributed by atoms with Crippen molar-refractivity contribution in [1.29, 1.82) is 0 Å². The average molecular weight is 153 g/mol. The summed E-state index contributed by atoms with van der Waals surface area (Å²) >= 11 is 0. The molecule has 0 aromatic rings. The van der Waals surface area contributed by atoms with Gasteiger partial charge in [-0.05, 0) is 6.42 Å². The molecule has 0 aliphatic rings. The van der Waals surface area contributed by atoms with Crippen LogP contribution in [-0.2, 0) is 9.53 Å². The molecule has 0 unspecified atom stereocenters. The number of esters is 1. The summed E-state index contributed by atoms with van der Waals surface area (Å²) < 4.78 is 4.46. The second kappa shape index (κ2) is 9.47. The first-order valence-corrected chi connectivity index (χ1v) is 3.38. The monoisotopic (exact) mass is 153 g/mol. The summed E-state index contributed by atoms with van der Waals surface area (Å²) in [6.45, 7) is 2.11. The fourth-order valence-electron chi connectivity index (χ4n) is 0.621. The number of unbranched alkanes of at least 4 members (excludes halogenated alkanes) is 2. The molecule has 0 aliphatic carbocycles. The molecule has 0 bridgehead atoms. The van der Waals surface area contributed by atoms with E-state index in [9.17, 15) is 4.79 Å². The summed E-state index contributed by atoms with van der Waals surface area (Å²) in [5.74, 6) is -0.0940. The van der Waals surface area contributed by atoms with Crippen molar-refractivity contribution in [3.63, 3.8) is 0 Å². The Kier molecular flexibility index (Phi) is 12.4. The van der Waals surface area contributed by atoms with Crippen molar-refractivity contribution >= 4 is 35.5 Å². The molecule has 1 radical (unpaired) electrons. The van der Waals surface area contributed by atoms with Gasteiger partial charge in [-0.25, -0.2) is 0 Å². The molecule has 0 rings (SSSR count). The molecule has 0 heterocycles. The third-order valence-electron chi connectivity index (χ3n) is 1.21. The summed E-state index contributed by atoms with van der Waals surface area (Å²) in [6.07, 6.45) is 3.81. The van der Waals surface area contributed by atoms with E-state index >= 15 is 0 Å². The molecule has 2 nitrogen and oxygen atoms in total. The maximum absolute atomic E-state index is 10.5. The molecular weight excluding hydrogens is 139 g/mol. The van der Waals surface area contributed by atoms with Crippen molar-refractivity contribution in [2.45, 2.75) is 32.6 Å². The maximum Gasteiger partial charge on any atom is 0.305 e. The maximum atomic E-state index is 10.5. The van der Waals surface area contributed by atoms with Gasteiger partial charge in [-0.3, -0.25) is 4.79 Å². The predicted octanol–water partition coefficient (Wildman–Crippen LogP) is 1.36. The van der Waals surface area contributed by atoms with Crippen LogP contribution in [0.1, 0.15) is 32.6 Å². The molecule has 0 aromatic heterocycles. The largest absolute Gasteiger partial charge is 0.469 e. The van der Waals surface area contributed by atoms with E-state index < -0.39 is 0 Å². The zero-order chi connectivity index (χ0) is 7.11. The van der Waals surface area contributed by atoms with Gasteiger partial charge < -0.3 is 4.74 Å². The summed E-state index contributed by atoms with van der Waals surface area (Å²) in [5.41, 5.74) is 0. The topological polar surface area (TPSA) is 26.3 Å². The molecule has 0 amide bonds. The minimum atomic E-state index is -0.0940. The Hall–Kier alpha value is 0.470. The Morgan fingerprint density at radius 3 is 2.40 bits per heavy atom. The fraction of sp³-hybridized carbons (Fsp3) is 0.857. The first-order valence-electron chi connectivity index (χ1n) is 3.38. The van der Waals surface area contributed by atoms with Gasteiger partial charge in [-0.15, -0.1) is 0 Å². The van der Waals surface area contributed by atoms with E-state index in [0.717, 1.165) is 19.3 Å². The molecule has 0 N–H and O–H groups in total. The molecule has 55 valence electrons. The van der Waals surface area contributed by atoms with Gasteiger partial charge in [0.25, 0.3) is 0 Å². The van der Waals surface area contributed by atoms with Crippen LogP contribution in [0, 0.1) is 0 Å². The van der Waals surface area contributed by atoms with Crippen LogP contribution < -0.4 is 0 Å². The quantitative estimate of drug-likeness (QED) is 0.346. The van der Waals surface area contributed by atoms with Crippen LogP contribution in [0.5, 0.6) is 0 Å². The van der Waals surface area contributed by atoms with Gasteiger partial charge in [-0.2, -0.15) is 0 Å². The van der Waals surface area contributed by atoms with Gasteiger partial charge in [0, 0.05) is 36.0 Å². The molecule has 10 heavy (non-hydrogen) atoms. The molecular formula is C7H14NaO2. The van der Waals surface area contributed by atoms with Crippen LogP contribution in [0.2, 0.25) is 0 Å². The second-order valence-corrected chi connectivity index (χ2v) is 2.03.